The topological polar surface area (TPSA) is 67.4 Å². The Morgan fingerprint density at radius 2 is 1.85 bits per heavy atom. The lowest BCUT2D eigenvalue weighted by Crippen LogP contribution is -2.29. The van der Waals surface area contributed by atoms with Crippen LogP contribution in [-0.2, 0) is 10.0 Å². The summed E-state index contributed by atoms with van der Waals surface area (Å²) in [7, 11) is -2.16. The van der Waals surface area contributed by atoms with Gasteiger partial charge in [0.05, 0.1) is 28.8 Å². The van der Waals surface area contributed by atoms with Crippen LogP contribution in [0.2, 0.25) is 10.0 Å². The second kappa shape index (κ2) is 8.60. The Labute approximate surface area is 203 Å². The van der Waals surface area contributed by atoms with Gasteiger partial charge in [-0.25, -0.2) is 8.42 Å². The molecule has 1 aliphatic heterocycles. The molecule has 8 heteroatoms. The predicted octanol–water partition coefficient (Wildman–Crippen LogP) is 6.63. The van der Waals surface area contributed by atoms with E-state index in [-0.39, 0.29) is 33.5 Å². The molecule has 5 rings (SSSR count). The Bertz CT molecular complexity index is 1360. The lowest BCUT2D eigenvalue weighted by Gasteiger charge is -2.38. The maximum absolute atomic E-state index is 13.1. The van der Waals surface area contributed by atoms with E-state index in [9.17, 15) is 8.42 Å². The summed E-state index contributed by atoms with van der Waals surface area (Å²) in [6.07, 6.45) is 5.24. The molecule has 1 aliphatic carbocycles. The Kier molecular flexibility index (Phi) is 5.77. The Morgan fingerprint density at radius 1 is 1.03 bits per heavy atom. The molecule has 0 spiro atoms. The number of hydrogen-bond acceptors (Lipinski definition) is 4. The third kappa shape index (κ3) is 4.07. The maximum atomic E-state index is 13.1. The van der Waals surface area contributed by atoms with Gasteiger partial charge in [0.25, 0.3) is 10.0 Å². The molecule has 3 aromatic carbocycles. The number of halogens is 2. The van der Waals surface area contributed by atoms with Crippen LogP contribution in [0.1, 0.15) is 29.5 Å². The normalized spacial score (nSPS) is 21.1. The van der Waals surface area contributed by atoms with Crippen LogP contribution in [-0.4, -0.2) is 15.5 Å². The van der Waals surface area contributed by atoms with Gasteiger partial charge in [0, 0.05) is 22.2 Å². The third-order valence-electron chi connectivity index (χ3n) is 6.29. The fourth-order valence-electron chi connectivity index (χ4n) is 4.75. The van der Waals surface area contributed by atoms with Crippen LogP contribution in [0.5, 0.6) is 5.75 Å². The van der Waals surface area contributed by atoms with E-state index in [1.54, 1.807) is 31.4 Å². The number of nitrogens with one attached hydrogen (secondary N) is 2. The first kappa shape index (κ1) is 22.1. The summed E-state index contributed by atoms with van der Waals surface area (Å²) < 4.78 is 34.4. The van der Waals surface area contributed by atoms with Crippen molar-refractivity contribution in [3.63, 3.8) is 0 Å². The van der Waals surface area contributed by atoms with Crippen LogP contribution >= 0.6 is 23.2 Å². The summed E-state index contributed by atoms with van der Waals surface area (Å²) in [4.78, 5) is 0.184. The number of hydrogen-bond donors (Lipinski definition) is 2. The number of allylic oxidation sites excluding steroid dienone is 2. The van der Waals surface area contributed by atoms with Gasteiger partial charge in [-0.3, -0.25) is 4.72 Å². The Balaban J connectivity index is 1.50. The number of anilines is 2. The molecule has 3 aromatic rings. The van der Waals surface area contributed by atoms with E-state index in [2.05, 4.69) is 28.3 Å². The second-order valence-corrected chi connectivity index (χ2v) is 10.7. The number of para-hydroxylation sites is 1. The molecule has 0 aromatic heterocycles. The van der Waals surface area contributed by atoms with Gasteiger partial charge in [-0.1, -0.05) is 53.6 Å². The van der Waals surface area contributed by atoms with Crippen molar-refractivity contribution in [2.75, 3.05) is 17.1 Å². The summed E-state index contributed by atoms with van der Waals surface area (Å²) in [5, 5.41) is 4.31. The maximum Gasteiger partial charge on any atom is 0.261 e. The molecule has 0 amide bonds. The summed E-state index contributed by atoms with van der Waals surface area (Å²) >= 11 is 12.1. The minimum absolute atomic E-state index is 0.0575. The number of methoxy groups -OCH3 is 1. The highest BCUT2D eigenvalue weighted by Gasteiger charge is 2.39. The Hall–Kier alpha value is -2.67. The van der Waals surface area contributed by atoms with E-state index >= 15 is 0 Å². The summed E-state index contributed by atoms with van der Waals surface area (Å²) in [5.74, 6) is 1.20. The molecular formula is C25H22Cl2N2O3S. The molecule has 2 aliphatic rings. The van der Waals surface area contributed by atoms with Crippen LogP contribution in [0.3, 0.4) is 0 Å². The van der Waals surface area contributed by atoms with Gasteiger partial charge in [-0.2, -0.15) is 0 Å². The van der Waals surface area contributed by atoms with Gasteiger partial charge in [0.2, 0.25) is 0 Å². The van der Waals surface area contributed by atoms with Crippen molar-refractivity contribution < 1.29 is 13.2 Å². The van der Waals surface area contributed by atoms with Crippen LogP contribution in [0.4, 0.5) is 11.4 Å². The molecule has 3 atom stereocenters. The molecule has 0 saturated carbocycles. The molecule has 0 bridgehead atoms. The van der Waals surface area contributed by atoms with E-state index in [1.165, 1.54) is 6.07 Å². The van der Waals surface area contributed by atoms with Gasteiger partial charge in [-0.15, -0.1) is 0 Å². The minimum atomic E-state index is -3.84. The fraction of sp³-hybridized carbons (Fsp3) is 0.200. The van der Waals surface area contributed by atoms with E-state index < -0.39 is 10.0 Å². The third-order valence-corrected chi connectivity index (χ3v) is 8.20. The van der Waals surface area contributed by atoms with Crippen LogP contribution in [0, 0.1) is 5.92 Å². The predicted molar refractivity (Wildman–Crippen MR) is 133 cm³/mol. The van der Waals surface area contributed by atoms with Gasteiger partial charge in [0.15, 0.2) is 0 Å². The van der Waals surface area contributed by atoms with Gasteiger partial charge < -0.3 is 10.1 Å². The first-order chi connectivity index (χ1) is 15.9. The van der Waals surface area contributed by atoms with E-state index in [1.807, 2.05) is 24.3 Å². The first-order valence-electron chi connectivity index (χ1n) is 10.6. The van der Waals surface area contributed by atoms with Crippen molar-refractivity contribution in [1.82, 2.24) is 0 Å². The summed E-state index contributed by atoms with van der Waals surface area (Å²) in [6.45, 7) is 0. The number of benzene rings is 3. The van der Waals surface area contributed by atoms with Crippen molar-refractivity contribution in [3.8, 4) is 5.75 Å². The summed E-state index contributed by atoms with van der Waals surface area (Å²) in [5.41, 5.74) is 3.26. The zero-order valence-corrected chi connectivity index (χ0v) is 20.1. The largest absolute Gasteiger partial charge is 0.496 e. The highest BCUT2D eigenvalue weighted by atomic mass is 35.5. The summed E-state index contributed by atoms with van der Waals surface area (Å²) in [6, 6.07) is 17.9. The van der Waals surface area contributed by atoms with Gasteiger partial charge in [0.1, 0.15) is 5.75 Å². The fourth-order valence-corrected chi connectivity index (χ4v) is 6.37. The van der Waals surface area contributed by atoms with Crippen LogP contribution in [0.25, 0.3) is 0 Å². The molecule has 170 valence electrons. The monoisotopic (exact) mass is 500 g/mol. The van der Waals surface area contributed by atoms with Crippen LogP contribution in [0.15, 0.2) is 77.7 Å². The van der Waals surface area contributed by atoms with Crippen molar-refractivity contribution in [2.24, 2.45) is 5.92 Å². The standard InChI is InChI=1S/C25H22Cl2N2O3S/c1-32-24-8-3-2-5-19(24)25-18-7-4-6-17(18)20-14-16(10-12-22(20)28-25)33(30,31)29-23-11-9-15(26)13-21(23)27/h2-6,8-14,17-18,25,28-29H,7H2,1H3/t17-,18+,25-/m0/s1. The van der Waals surface area contributed by atoms with Crippen molar-refractivity contribution in [3.05, 3.63) is 94.0 Å². The first-order valence-corrected chi connectivity index (χ1v) is 12.8. The van der Waals surface area contributed by atoms with Crippen LogP contribution < -0.4 is 14.8 Å². The number of rotatable bonds is 5. The van der Waals surface area contributed by atoms with Crippen molar-refractivity contribution in [2.45, 2.75) is 23.3 Å². The molecular weight excluding hydrogens is 479 g/mol. The number of fused-ring (bicyclic) bond motifs is 3. The SMILES string of the molecule is COc1ccccc1[C@H]1Nc2ccc(S(=O)(=O)Nc3ccc(Cl)cc3Cl)cc2[C@H]2C=CC[C@H]21. The lowest BCUT2D eigenvalue weighted by atomic mass is 9.77. The quantitative estimate of drug-likeness (QED) is 0.385. The van der Waals surface area contributed by atoms with Gasteiger partial charge >= 0.3 is 0 Å². The molecule has 1 heterocycles. The van der Waals surface area contributed by atoms with Gasteiger partial charge in [-0.05, 0) is 60.4 Å². The van der Waals surface area contributed by atoms with E-state index in [0.29, 0.717) is 5.02 Å². The zero-order valence-electron chi connectivity index (χ0n) is 17.8. The Morgan fingerprint density at radius 3 is 2.64 bits per heavy atom. The molecule has 0 radical (unpaired) electrons. The highest BCUT2D eigenvalue weighted by Crippen LogP contribution is 2.51. The van der Waals surface area contributed by atoms with Crippen molar-refractivity contribution >= 4 is 44.6 Å². The number of ether oxygens (including phenoxy) is 1. The zero-order chi connectivity index (χ0) is 23.2. The smallest absolute Gasteiger partial charge is 0.261 e. The molecule has 0 saturated heterocycles. The number of sulfonamides is 1. The molecule has 5 nitrogen and oxygen atoms in total. The average Bonchev–Trinajstić information content (AvgIpc) is 3.30. The van der Waals surface area contributed by atoms with Crippen molar-refractivity contribution in [1.29, 1.82) is 0 Å². The second-order valence-electron chi connectivity index (χ2n) is 8.20. The lowest BCUT2D eigenvalue weighted by molar-refractivity contribution is 0.381. The molecule has 2 N–H and O–H groups in total. The highest BCUT2D eigenvalue weighted by molar-refractivity contribution is 7.92. The van der Waals surface area contributed by atoms with E-state index in [0.717, 1.165) is 29.0 Å². The average molecular weight is 501 g/mol. The molecule has 0 fully saturated rings. The molecule has 33 heavy (non-hydrogen) atoms. The molecule has 0 unspecified atom stereocenters. The van der Waals surface area contributed by atoms with E-state index in [4.69, 9.17) is 27.9 Å². The minimum Gasteiger partial charge on any atom is -0.496 e.